The number of aryl methyl sites for hydroxylation is 2. The number of amides is 1. The number of hydrogen-bond acceptors (Lipinski definition) is 3. The lowest BCUT2D eigenvalue weighted by Gasteiger charge is -2.31. The highest BCUT2D eigenvalue weighted by Crippen LogP contribution is 2.25. The van der Waals surface area contributed by atoms with Crippen molar-refractivity contribution in [3.63, 3.8) is 0 Å². The maximum atomic E-state index is 12.5. The van der Waals surface area contributed by atoms with Gasteiger partial charge in [0.25, 0.3) is 0 Å². The molecule has 0 spiro atoms. The van der Waals surface area contributed by atoms with Crippen LogP contribution >= 0.6 is 0 Å². The van der Waals surface area contributed by atoms with Gasteiger partial charge in [0.15, 0.2) is 0 Å². The Bertz CT molecular complexity index is 761. The minimum atomic E-state index is 0.0327. The second kappa shape index (κ2) is 9.05. The van der Waals surface area contributed by atoms with Crippen LogP contribution in [0.5, 0.6) is 0 Å². The summed E-state index contributed by atoms with van der Waals surface area (Å²) in [6.45, 7) is 7.47. The number of carbonyl (C=O) groups excluding carboxylic acids is 1. The van der Waals surface area contributed by atoms with Crippen LogP contribution in [0.1, 0.15) is 36.0 Å². The van der Waals surface area contributed by atoms with E-state index in [0.717, 1.165) is 36.4 Å². The van der Waals surface area contributed by atoms with Crippen molar-refractivity contribution in [2.45, 2.75) is 39.7 Å². The molecule has 0 aromatic heterocycles. The highest BCUT2D eigenvalue weighted by molar-refractivity contribution is 5.93. The lowest BCUT2D eigenvalue weighted by molar-refractivity contribution is -0.117. The van der Waals surface area contributed by atoms with E-state index >= 15 is 0 Å². The van der Waals surface area contributed by atoms with E-state index in [-0.39, 0.29) is 5.91 Å². The number of hydrogen-bond donors (Lipinski definition) is 1. The molecule has 3 rings (SSSR count). The zero-order chi connectivity index (χ0) is 19.2. The standard InChI is InChI=1S/C23H31N3O/c1-18-10-9-11-19(2)23(18)24-22(27)17-25(3)16-20-12-5-6-13-21(20)26-14-7-4-8-15-26/h5-6,9-13H,4,7-8,14-17H2,1-3H3,(H,24,27). The highest BCUT2D eigenvalue weighted by Gasteiger charge is 2.16. The number of benzene rings is 2. The van der Waals surface area contributed by atoms with Crippen molar-refractivity contribution >= 4 is 17.3 Å². The molecule has 144 valence electrons. The molecule has 0 unspecified atom stereocenters. The summed E-state index contributed by atoms with van der Waals surface area (Å²) in [5.74, 6) is 0.0327. The Labute approximate surface area is 163 Å². The zero-order valence-electron chi connectivity index (χ0n) is 16.8. The van der Waals surface area contributed by atoms with Crippen LogP contribution in [0.3, 0.4) is 0 Å². The largest absolute Gasteiger partial charge is 0.371 e. The normalized spacial score (nSPS) is 14.4. The SMILES string of the molecule is Cc1cccc(C)c1NC(=O)CN(C)Cc1ccccc1N1CCCCC1. The number of carbonyl (C=O) groups is 1. The lowest BCUT2D eigenvalue weighted by Crippen LogP contribution is -2.33. The van der Waals surface area contributed by atoms with Gasteiger partial charge in [-0.25, -0.2) is 0 Å². The van der Waals surface area contributed by atoms with Gasteiger partial charge in [0.2, 0.25) is 5.91 Å². The Morgan fingerprint density at radius 1 is 1.00 bits per heavy atom. The van der Waals surface area contributed by atoms with E-state index in [1.54, 1.807) is 0 Å². The number of piperidine rings is 1. The van der Waals surface area contributed by atoms with Crippen LogP contribution in [0.25, 0.3) is 0 Å². The predicted molar refractivity (Wildman–Crippen MR) is 113 cm³/mol. The van der Waals surface area contributed by atoms with Crippen molar-refractivity contribution in [3.05, 3.63) is 59.2 Å². The molecule has 1 aliphatic rings. The molecule has 4 heteroatoms. The third kappa shape index (κ3) is 5.10. The number of rotatable bonds is 6. The van der Waals surface area contributed by atoms with Crippen LogP contribution in [-0.4, -0.2) is 37.5 Å². The molecule has 0 atom stereocenters. The van der Waals surface area contributed by atoms with Crippen molar-refractivity contribution in [3.8, 4) is 0 Å². The fourth-order valence-corrected chi connectivity index (χ4v) is 3.87. The molecule has 0 saturated carbocycles. The summed E-state index contributed by atoms with van der Waals surface area (Å²) in [6.07, 6.45) is 3.86. The van der Waals surface area contributed by atoms with Gasteiger partial charge in [0, 0.05) is 31.0 Å². The fourth-order valence-electron chi connectivity index (χ4n) is 3.87. The molecule has 0 bridgehead atoms. The van der Waals surface area contributed by atoms with Crippen LogP contribution in [0.15, 0.2) is 42.5 Å². The van der Waals surface area contributed by atoms with Gasteiger partial charge in [-0.3, -0.25) is 9.69 Å². The topological polar surface area (TPSA) is 35.6 Å². The molecule has 0 radical (unpaired) electrons. The lowest BCUT2D eigenvalue weighted by atomic mass is 10.1. The molecule has 2 aromatic carbocycles. The highest BCUT2D eigenvalue weighted by atomic mass is 16.2. The molecule has 1 saturated heterocycles. The number of anilines is 2. The van der Waals surface area contributed by atoms with Gasteiger partial charge in [-0.2, -0.15) is 0 Å². The van der Waals surface area contributed by atoms with Crippen LogP contribution in [0.4, 0.5) is 11.4 Å². The maximum Gasteiger partial charge on any atom is 0.238 e. The van der Waals surface area contributed by atoms with E-state index in [2.05, 4.69) is 39.4 Å². The average molecular weight is 366 g/mol. The summed E-state index contributed by atoms with van der Waals surface area (Å²) in [7, 11) is 2.01. The predicted octanol–water partition coefficient (Wildman–Crippen LogP) is 4.36. The first-order valence-corrected chi connectivity index (χ1v) is 9.92. The van der Waals surface area contributed by atoms with Crippen molar-refractivity contribution < 1.29 is 4.79 Å². The first-order valence-electron chi connectivity index (χ1n) is 9.92. The Hall–Kier alpha value is -2.33. The number of nitrogens with one attached hydrogen (secondary N) is 1. The smallest absolute Gasteiger partial charge is 0.238 e. The van der Waals surface area contributed by atoms with Crippen molar-refractivity contribution in [1.29, 1.82) is 0 Å². The van der Waals surface area contributed by atoms with Crippen LogP contribution in [0, 0.1) is 13.8 Å². The van der Waals surface area contributed by atoms with Gasteiger partial charge in [0.1, 0.15) is 0 Å². The van der Waals surface area contributed by atoms with Crippen LogP contribution in [0.2, 0.25) is 0 Å². The first kappa shape index (κ1) is 19.4. The summed E-state index contributed by atoms with van der Waals surface area (Å²) < 4.78 is 0. The van der Waals surface area contributed by atoms with E-state index in [1.165, 1.54) is 30.5 Å². The molecule has 4 nitrogen and oxygen atoms in total. The third-order valence-corrected chi connectivity index (χ3v) is 5.29. The second-order valence-electron chi connectivity index (χ2n) is 7.66. The van der Waals surface area contributed by atoms with Gasteiger partial charge in [0.05, 0.1) is 6.54 Å². The summed E-state index contributed by atoms with van der Waals surface area (Å²) in [4.78, 5) is 17.1. The van der Waals surface area contributed by atoms with Gasteiger partial charge in [-0.15, -0.1) is 0 Å². The molecule has 0 aliphatic carbocycles. The Morgan fingerprint density at radius 2 is 1.67 bits per heavy atom. The van der Waals surface area contributed by atoms with E-state index in [4.69, 9.17) is 0 Å². The van der Waals surface area contributed by atoms with Gasteiger partial charge >= 0.3 is 0 Å². The molecule has 1 heterocycles. The molecular weight excluding hydrogens is 334 g/mol. The number of para-hydroxylation sites is 2. The van der Waals surface area contributed by atoms with Crippen molar-refractivity contribution in [2.75, 3.05) is 36.9 Å². The van der Waals surface area contributed by atoms with Gasteiger partial charge < -0.3 is 10.2 Å². The average Bonchev–Trinajstić information content (AvgIpc) is 2.66. The van der Waals surface area contributed by atoms with E-state index in [9.17, 15) is 4.79 Å². The molecule has 1 aliphatic heterocycles. The van der Waals surface area contributed by atoms with Gasteiger partial charge in [-0.1, -0.05) is 36.4 Å². The molecular formula is C23H31N3O. The van der Waals surface area contributed by atoms with Crippen molar-refractivity contribution in [2.24, 2.45) is 0 Å². The number of nitrogens with zero attached hydrogens (tertiary/aromatic N) is 2. The van der Waals surface area contributed by atoms with Gasteiger partial charge in [-0.05, 0) is 62.9 Å². The Kier molecular flexibility index (Phi) is 6.51. The Morgan fingerprint density at radius 3 is 2.37 bits per heavy atom. The second-order valence-corrected chi connectivity index (χ2v) is 7.66. The number of likely N-dealkylation sites (N-methyl/N-ethyl adjacent to an activating group) is 1. The quantitative estimate of drug-likeness (QED) is 0.826. The van der Waals surface area contributed by atoms with Crippen molar-refractivity contribution in [1.82, 2.24) is 4.90 Å². The molecule has 1 N–H and O–H groups in total. The van der Waals surface area contributed by atoms with Crippen LogP contribution in [-0.2, 0) is 11.3 Å². The summed E-state index contributed by atoms with van der Waals surface area (Å²) in [5, 5.41) is 3.08. The first-order chi connectivity index (χ1) is 13.0. The summed E-state index contributed by atoms with van der Waals surface area (Å²) in [5.41, 5.74) is 5.74. The summed E-state index contributed by atoms with van der Waals surface area (Å²) >= 11 is 0. The molecule has 1 amide bonds. The minimum absolute atomic E-state index is 0.0327. The monoisotopic (exact) mass is 365 g/mol. The molecule has 27 heavy (non-hydrogen) atoms. The van der Waals surface area contributed by atoms with E-state index in [0.29, 0.717) is 6.54 Å². The van der Waals surface area contributed by atoms with E-state index < -0.39 is 0 Å². The third-order valence-electron chi connectivity index (χ3n) is 5.29. The molecule has 2 aromatic rings. The molecule has 1 fully saturated rings. The maximum absolute atomic E-state index is 12.5. The zero-order valence-corrected chi connectivity index (χ0v) is 16.8. The van der Waals surface area contributed by atoms with E-state index in [1.807, 2.05) is 39.1 Å². The van der Waals surface area contributed by atoms with Crippen LogP contribution < -0.4 is 10.2 Å². The Balaban J connectivity index is 1.62. The summed E-state index contributed by atoms with van der Waals surface area (Å²) in [6, 6.07) is 14.7. The fraction of sp³-hybridized carbons (Fsp3) is 0.435. The minimum Gasteiger partial charge on any atom is -0.371 e.